The summed E-state index contributed by atoms with van der Waals surface area (Å²) in [6, 6.07) is 0. The first-order valence-electron chi connectivity index (χ1n) is 9.96. The van der Waals surface area contributed by atoms with Gasteiger partial charge in [-0.05, 0) is 81.0 Å². The monoisotopic (exact) mass is 324 g/mol. The molecule has 2 saturated carbocycles. The zero-order valence-corrected chi connectivity index (χ0v) is 16.2. The van der Waals surface area contributed by atoms with Crippen LogP contribution in [-0.2, 0) is 0 Å². The molecule has 0 aromatic heterocycles. The van der Waals surface area contributed by atoms with Crippen LogP contribution in [0, 0.1) is 28.6 Å². The van der Waals surface area contributed by atoms with E-state index in [1.54, 1.807) is 0 Å². The lowest BCUT2D eigenvalue weighted by atomic mass is 9.55. The summed E-state index contributed by atoms with van der Waals surface area (Å²) in [5, 5.41) is 19.7. The highest BCUT2D eigenvalue weighted by Gasteiger charge is 2.55. The summed E-state index contributed by atoms with van der Waals surface area (Å²) in [5.74, 6) is 2.48. The molecule has 2 fully saturated rings. The van der Waals surface area contributed by atoms with Crippen LogP contribution >= 0.6 is 0 Å². The molecular formula is C21H40O2. The second kappa shape index (κ2) is 7.04. The second-order valence-corrected chi connectivity index (χ2v) is 9.91. The Kier molecular flexibility index (Phi) is 5.89. The van der Waals surface area contributed by atoms with Crippen LogP contribution < -0.4 is 0 Å². The molecule has 0 radical (unpaired) electrons. The van der Waals surface area contributed by atoms with Gasteiger partial charge in [-0.15, -0.1) is 0 Å². The average Bonchev–Trinajstić information content (AvgIpc) is 2.76. The largest absolute Gasteiger partial charge is 0.396 e. The van der Waals surface area contributed by atoms with Crippen LogP contribution in [-0.4, -0.2) is 22.4 Å². The molecule has 0 aliphatic heterocycles. The molecular weight excluding hydrogens is 284 g/mol. The third kappa shape index (κ3) is 4.12. The van der Waals surface area contributed by atoms with Crippen molar-refractivity contribution >= 4 is 0 Å². The van der Waals surface area contributed by atoms with E-state index in [1.165, 1.54) is 32.1 Å². The molecule has 2 N–H and O–H groups in total. The zero-order valence-electron chi connectivity index (χ0n) is 16.2. The zero-order chi connectivity index (χ0) is 17.3. The van der Waals surface area contributed by atoms with E-state index in [0.717, 1.165) is 43.4 Å². The summed E-state index contributed by atoms with van der Waals surface area (Å²) in [4.78, 5) is 0. The van der Waals surface area contributed by atoms with E-state index in [4.69, 9.17) is 0 Å². The minimum absolute atomic E-state index is 0.223. The van der Waals surface area contributed by atoms with Crippen molar-refractivity contribution in [1.82, 2.24) is 0 Å². The van der Waals surface area contributed by atoms with E-state index in [-0.39, 0.29) is 5.41 Å². The molecule has 0 bridgehead atoms. The van der Waals surface area contributed by atoms with Gasteiger partial charge in [0.15, 0.2) is 0 Å². The van der Waals surface area contributed by atoms with Crippen molar-refractivity contribution in [2.24, 2.45) is 28.6 Å². The Morgan fingerprint density at radius 1 is 1.04 bits per heavy atom. The van der Waals surface area contributed by atoms with Crippen molar-refractivity contribution in [1.29, 1.82) is 0 Å². The molecule has 136 valence electrons. The molecule has 0 aromatic rings. The first-order valence-corrected chi connectivity index (χ1v) is 9.96. The maximum Gasteiger partial charge on any atom is 0.0591 e. The van der Waals surface area contributed by atoms with E-state index < -0.39 is 5.60 Å². The van der Waals surface area contributed by atoms with Crippen LogP contribution in [0.2, 0.25) is 0 Å². The first-order chi connectivity index (χ1) is 10.6. The Labute approximate surface area is 144 Å². The highest BCUT2D eigenvalue weighted by atomic mass is 16.3. The maximum absolute atomic E-state index is 10.0. The Bertz CT molecular complexity index is 386. The van der Waals surface area contributed by atoms with Gasteiger partial charge in [0.2, 0.25) is 0 Å². The van der Waals surface area contributed by atoms with Crippen LogP contribution in [0.5, 0.6) is 0 Å². The fourth-order valence-corrected chi connectivity index (χ4v) is 6.36. The third-order valence-electron chi connectivity index (χ3n) is 7.53. The summed E-state index contributed by atoms with van der Waals surface area (Å²) in [6.45, 7) is 11.5. The molecule has 2 nitrogen and oxygen atoms in total. The molecule has 0 saturated heterocycles. The lowest BCUT2D eigenvalue weighted by Gasteiger charge is -2.50. The Hall–Kier alpha value is -0.0800. The predicted molar refractivity (Wildman–Crippen MR) is 97.3 cm³/mol. The molecule has 4 unspecified atom stereocenters. The van der Waals surface area contributed by atoms with E-state index >= 15 is 0 Å². The average molecular weight is 325 g/mol. The van der Waals surface area contributed by atoms with Crippen LogP contribution in [0.4, 0.5) is 0 Å². The predicted octanol–water partition coefficient (Wildman–Crippen LogP) is 5.17. The van der Waals surface area contributed by atoms with E-state index in [0.29, 0.717) is 12.0 Å². The SMILES string of the molecule is C[C@H]1CCCC2(C)C1CCC2C(C)(CCO)CCCC(C)(C)O. The van der Waals surface area contributed by atoms with E-state index in [2.05, 4.69) is 20.8 Å². The van der Waals surface area contributed by atoms with Gasteiger partial charge in [-0.2, -0.15) is 0 Å². The van der Waals surface area contributed by atoms with E-state index in [9.17, 15) is 10.2 Å². The van der Waals surface area contributed by atoms with Crippen molar-refractivity contribution in [3.05, 3.63) is 0 Å². The second-order valence-electron chi connectivity index (χ2n) is 9.91. The number of hydrogen-bond donors (Lipinski definition) is 2. The summed E-state index contributed by atoms with van der Waals surface area (Å²) >= 11 is 0. The van der Waals surface area contributed by atoms with Gasteiger partial charge in [0.05, 0.1) is 5.60 Å². The molecule has 5 atom stereocenters. The van der Waals surface area contributed by atoms with Gasteiger partial charge in [0.25, 0.3) is 0 Å². The van der Waals surface area contributed by atoms with Gasteiger partial charge < -0.3 is 10.2 Å². The van der Waals surface area contributed by atoms with Gasteiger partial charge in [0, 0.05) is 6.61 Å². The van der Waals surface area contributed by atoms with Crippen LogP contribution in [0.15, 0.2) is 0 Å². The van der Waals surface area contributed by atoms with Gasteiger partial charge in [-0.1, -0.05) is 40.0 Å². The first kappa shape index (κ1) is 19.2. The molecule has 0 amide bonds. The number of rotatable bonds is 7. The Morgan fingerprint density at radius 3 is 2.35 bits per heavy atom. The van der Waals surface area contributed by atoms with Crippen LogP contribution in [0.25, 0.3) is 0 Å². The normalized spacial score (nSPS) is 37.4. The standard InChI is InChI=1S/C21H40O2/c1-16-8-6-13-21(5)17(16)9-10-18(21)20(4,14-15-22)12-7-11-19(2,3)23/h16-18,22-23H,6-15H2,1-5H3/t16-,17?,18?,20?,21?/m0/s1. The Morgan fingerprint density at radius 2 is 1.74 bits per heavy atom. The van der Waals surface area contributed by atoms with Gasteiger partial charge in [0.1, 0.15) is 0 Å². The summed E-state index contributed by atoms with van der Waals surface area (Å²) < 4.78 is 0. The van der Waals surface area contributed by atoms with Crippen LogP contribution in [0.3, 0.4) is 0 Å². The molecule has 2 aliphatic carbocycles. The fraction of sp³-hybridized carbons (Fsp3) is 1.00. The summed E-state index contributed by atoms with van der Waals surface area (Å²) in [5.41, 5.74) is 0.123. The highest BCUT2D eigenvalue weighted by Crippen LogP contribution is 2.63. The molecule has 0 aromatic carbocycles. The highest BCUT2D eigenvalue weighted by molar-refractivity contribution is 5.04. The fourth-order valence-electron chi connectivity index (χ4n) is 6.36. The van der Waals surface area contributed by atoms with Crippen LogP contribution in [0.1, 0.15) is 92.4 Å². The minimum atomic E-state index is -0.568. The van der Waals surface area contributed by atoms with E-state index in [1.807, 2.05) is 13.8 Å². The van der Waals surface area contributed by atoms with Crippen molar-refractivity contribution in [2.45, 2.75) is 98.0 Å². The third-order valence-corrected chi connectivity index (χ3v) is 7.53. The molecule has 2 aliphatic rings. The Balaban J connectivity index is 2.13. The summed E-state index contributed by atoms with van der Waals surface area (Å²) in [7, 11) is 0. The van der Waals surface area contributed by atoms with Crippen molar-refractivity contribution in [2.75, 3.05) is 6.61 Å². The lowest BCUT2D eigenvalue weighted by Crippen LogP contribution is -2.43. The quantitative estimate of drug-likeness (QED) is 0.678. The number of aliphatic hydroxyl groups is 2. The van der Waals surface area contributed by atoms with Crippen molar-refractivity contribution in [3.63, 3.8) is 0 Å². The molecule has 2 rings (SSSR count). The number of aliphatic hydroxyl groups excluding tert-OH is 1. The van der Waals surface area contributed by atoms with Gasteiger partial charge in [-0.25, -0.2) is 0 Å². The lowest BCUT2D eigenvalue weighted by molar-refractivity contribution is -0.0220. The van der Waals surface area contributed by atoms with Gasteiger partial charge >= 0.3 is 0 Å². The molecule has 2 heteroatoms. The van der Waals surface area contributed by atoms with Crippen molar-refractivity contribution in [3.8, 4) is 0 Å². The summed E-state index contributed by atoms with van der Waals surface area (Å²) in [6.07, 6.45) is 10.9. The van der Waals surface area contributed by atoms with Crippen molar-refractivity contribution < 1.29 is 10.2 Å². The molecule has 0 heterocycles. The minimum Gasteiger partial charge on any atom is -0.396 e. The van der Waals surface area contributed by atoms with Gasteiger partial charge in [-0.3, -0.25) is 0 Å². The topological polar surface area (TPSA) is 40.5 Å². The number of fused-ring (bicyclic) bond motifs is 1. The smallest absolute Gasteiger partial charge is 0.0591 e. The molecule has 0 spiro atoms. The maximum atomic E-state index is 10.0. The number of hydrogen-bond acceptors (Lipinski definition) is 2. The molecule has 23 heavy (non-hydrogen) atoms.